The summed E-state index contributed by atoms with van der Waals surface area (Å²) in [4.78, 5) is 20.9. The zero-order valence-corrected chi connectivity index (χ0v) is 12.8. The highest BCUT2D eigenvalue weighted by Crippen LogP contribution is 2.40. The van der Waals surface area contributed by atoms with E-state index in [0.717, 1.165) is 32.0 Å². The molecule has 0 aliphatic rings. The lowest BCUT2D eigenvalue weighted by atomic mass is 9.88. The van der Waals surface area contributed by atoms with Crippen LogP contribution in [0.2, 0.25) is 18.1 Å². The van der Waals surface area contributed by atoms with Crippen molar-refractivity contribution < 1.29 is 9.59 Å². The molecule has 0 aromatic rings. The highest BCUT2D eigenvalue weighted by atomic mass is 28.4. The van der Waals surface area contributed by atoms with E-state index in [0.29, 0.717) is 0 Å². The first-order valence-electron chi connectivity index (χ1n) is 6.21. The Morgan fingerprint density at radius 3 is 1.88 bits per heavy atom. The molecule has 0 atom stereocenters. The lowest BCUT2D eigenvalue weighted by molar-refractivity contribution is -0.115. The van der Waals surface area contributed by atoms with Crippen LogP contribution in [0.3, 0.4) is 0 Å². The van der Waals surface area contributed by atoms with Gasteiger partial charge in [-0.1, -0.05) is 40.5 Å². The molecule has 0 aliphatic heterocycles. The van der Waals surface area contributed by atoms with E-state index in [9.17, 15) is 9.59 Å². The van der Waals surface area contributed by atoms with Gasteiger partial charge >= 0.3 is 0 Å². The molecule has 1 N–H and O–H groups in total. The third kappa shape index (κ3) is 5.26. The minimum absolute atomic E-state index is 0.0678. The van der Waals surface area contributed by atoms with E-state index in [4.69, 9.17) is 0 Å². The molecule has 0 aromatic carbocycles. The van der Waals surface area contributed by atoms with E-state index < -0.39 is 8.32 Å². The smallest absolute Gasteiger partial charge is 0.188 e. The van der Waals surface area contributed by atoms with Gasteiger partial charge in [0.1, 0.15) is 6.29 Å². The Kier molecular flexibility index (Phi) is 5.40. The molecule has 0 fully saturated rings. The minimum Gasteiger partial charge on any atom is -0.432 e. The van der Waals surface area contributed by atoms with Crippen LogP contribution in [0, 0.1) is 5.41 Å². The van der Waals surface area contributed by atoms with Crippen LogP contribution in [-0.2, 0) is 4.79 Å². The molecule has 0 amide bonds. The zero-order valence-electron chi connectivity index (χ0n) is 11.8. The summed E-state index contributed by atoms with van der Waals surface area (Å²) >= 11 is 0. The largest absolute Gasteiger partial charge is 0.432 e. The van der Waals surface area contributed by atoms with Gasteiger partial charge in [-0.15, -0.1) is 0 Å². The first-order chi connectivity index (χ1) is 7.02. The van der Waals surface area contributed by atoms with E-state index in [2.05, 4.69) is 13.8 Å². The first-order valence-corrected chi connectivity index (χ1v) is 9.15. The van der Waals surface area contributed by atoms with Gasteiger partial charge in [0, 0.05) is 5.41 Å². The first kappa shape index (κ1) is 15.8. The number of unbranched alkanes of at least 4 members (excludes halogenated alkanes) is 1. The molecule has 0 rings (SSSR count). The number of carbonyl (C=O) groups excluding carboxylic acids is 1. The third-order valence-electron chi connectivity index (χ3n) is 3.85. The summed E-state index contributed by atoms with van der Waals surface area (Å²) in [5, 5.41) is 0.0678. The molecule has 0 bridgehead atoms. The molecular formula is C13H28O2Si. The van der Waals surface area contributed by atoms with Crippen LogP contribution < -0.4 is 0 Å². The van der Waals surface area contributed by atoms with Crippen LogP contribution in [0.1, 0.15) is 53.4 Å². The summed E-state index contributed by atoms with van der Waals surface area (Å²) < 4.78 is 0. The summed E-state index contributed by atoms with van der Waals surface area (Å²) in [6, 6.07) is 0. The minimum atomic E-state index is -2.06. The molecule has 0 saturated carbocycles. The summed E-state index contributed by atoms with van der Waals surface area (Å²) in [7, 11) is -2.06. The van der Waals surface area contributed by atoms with Crippen LogP contribution in [0.5, 0.6) is 0 Å². The Labute approximate surface area is 102 Å². The molecule has 0 heterocycles. The zero-order chi connectivity index (χ0) is 13.0. The topological polar surface area (TPSA) is 37.3 Å². The lowest BCUT2D eigenvalue weighted by Crippen LogP contribution is -2.38. The fraction of sp³-hybridized carbons (Fsp3) is 0.923. The second-order valence-corrected chi connectivity index (χ2v) is 11.2. The van der Waals surface area contributed by atoms with Crippen molar-refractivity contribution in [2.24, 2.45) is 5.41 Å². The van der Waals surface area contributed by atoms with E-state index in [1.807, 2.05) is 26.9 Å². The molecule has 0 radical (unpaired) electrons. The summed E-state index contributed by atoms with van der Waals surface area (Å²) in [5.74, 6) is 0. The van der Waals surface area contributed by atoms with E-state index >= 15 is 0 Å². The molecule has 0 unspecified atom stereocenters. The molecule has 0 spiro atoms. The normalized spacial score (nSPS) is 13.9. The second-order valence-electron chi connectivity index (χ2n) is 6.76. The maximum absolute atomic E-state index is 10.7. The predicted molar refractivity (Wildman–Crippen MR) is 72.1 cm³/mol. The molecule has 0 aromatic heterocycles. The van der Waals surface area contributed by atoms with Gasteiger partial charge in [-0.05, 0) is 31.0 Å². The predicted octanol–water partition coefficient (Wildman–Crippen LogP) is 3.75. The Morgan fingerprint density at radius 1 is 1.06 bits per heavy atom. The van der Waals surface area contributed by atoms with Gasteiger partial charge in [0.25, 0.3) is 0 Å². The maximum Gasteiger partial charge on any atom is 0.188 e. The van der Waals surface area contributed by atoms with Crippen molar-refractivity contribution in [3.8, 4) is 0 Å². The molecule has 3 heteroatoms. The number of hydrogen-bond acceptors (Lipinski definition) is 2. The van der Waals surface area contributed by atoms with Crippen LogP contribution in [0.15, 0.2) is 0 Å². The Hall–Kier alpha value is -0.153. The number of carbonyl (C=O) groups is 1. The van der Waals surface area contributed by atoms with Gasteiger partial charge in [0.15, 0.2) is 8.32 Å². The van der Waals surface area contributed by atoms with Gasteiger partial charge in [-0.3, -0.25) is 0 Å². The molecular weight excluding hydrogens is 216 g/mol. The van der Waals surface area contributed by atoms with Gasteiger partial charge in [-0.2, -0.15) is 0 Å². The Bertz CT molecular complexity index is 227. The summed E-state index contributed by atoms with van der Waals surface area (Å²) in [6.07, 6.45) is 5.21. The van der Waals surface area contributed by atoms with Crippen molar-refractivity contribution in [2.45, 2.75) is 71.5 Å². The molecule has 96 valence electrons. The van der Waals surface area contributed by atoms with Crippen molar-refractivity contribution in [1.29, 1.82) is 0 Å². The monoisotopic (exact) mass is 244 g/mol. The maximum atomic E-state index is 10.7. The van der Waals surface area contributed by atoms with Crippen LogP contribution in [-0.4, -0.2) is 19.4 Å². The Balaban J connectivity index is 3.96. The lowest BCUT2D eigenvalue weighted by Gasteiger charge is -2.35. The second kappa shape index (κ2) is 5.45. The van der Waals surface area contributed by atoms with Gasteiger partial charge in [0.2, 0.25) is 0 Å². The average molecular weight is 244 g/mol. The molecule has 16 heavy (non-hydrogen) atoms. The molecule has 2 nitrogen and oxygen atoms in total. The van der Waals surface area contributed by atoms with E-state index in [1.54, 1.807) is 0 Å². The average Bonchev–Trinajstić information content (AvgIpc) is 2.11. The van der Waals surface area contributed by atoms with Crippen molar-refractivity contribution >= 4 is 14.6 Å². The quantitative estimate of drug-likeness (QED) is 0.421. The summed E-state index contributed by atoms with van der Waals surface area (Å²) in [5.41, 5.74) is -0.184. The van der Waals surface area contributed by atoms with E-state index in [-0.39, 0.29) is 10.5 Å². The molecule has 0 aliphatic carbocycles. The SMILES string of the molecule is CC(C)(C=O)CCCCC(C)(C)[Si](C)(C)O. The fourth-order valence-corrected chi connectivity index (χ4v) is 2.30. The number of aldehydes is 1. The number of rotatable bonds is 7. The van der Waals surface area contributed by atoms with Crippen LogP contribution in [0.4, 0.5) is 0 Å². The Morgan fingerprint density at radius 2 is 1.50 bits per heavy atom. The van der Waals surface area contributed by atoms with Crippen LogP contribution in [0.25, 0.3) is 0 Å². The van der Waals surface area contributed by atoms with Crippen LogP contribution >= 0.6 is 0 Å². The van der Waals surface area contributed by atoms with Crippen molar-refractivity contribution in [3.63, 3.8) is 0 Å². The summed E-state index contributed by atoms with van der Waals surface area (Å²) in [6.45, 7) is 12.3. The standard InChI is InChI=1S/C13H28O2Si/c1-12(2,11-14)9-7-8-10-13(3,4)16(5,6)15/h11,15H,7-10H2,1-6H3. The van der Waals surface area contributed by atoms with E-state index in [1.165, 1.54) is 0 Å². The fourth-order valence-electron chi connectivity index (χ4n) is 1.51. The number of hydrogen-bond donors (Lipinski definition) is 1. The van der Waals surface area contributed by atoms with Crippen molar-refractivity contribution in [1.82, 2.24) is 0 Å². The third-order valence-corrected chi connectivity index (χ3v) is 7.41. The van der Waals surface area contributed by atoms with Gasteiger partial charge in [0.05, 0.1) is 0 Å². The highest BCUT2D eigenvalue weighted by molar-refractivity contribution is 6.72. The van der Waals surface area contributed by atoms with Crippen molar-refractivity contribution in [3.05, 3.63) is 0 Å². The van der Waals surface area contributed by atoms with Crippen molar-refractivity contribution in [2.75, 3.05) is 0 Å². The highest BCUT2D eigenvalue weighted by Gasteiger charge is 2.37. The molecule has 0 saturated heterocycles. The van der Waals surface area contributed by atoms with Gasteiger partial charge in [-0.25, -0.2) is 0 Å². The van der Waals surface area contributed by atoms with Gasteiger partial charge < -0.3 is 9.59 Å².